The van der Waals surface area contributed by atoms with Crippen LogP contribution in [0.1, 0.15) is 5.56 Å². The summed E-state index contributed by atoms with van der Waals surface area (Å²) in [6, 6.07) is 25.9. The Morgan fingerprint density at radius 2 is 1.59 bits per heavy atom. The predicted octanol–water partition coefficient (Wildman–Crippen LogP) is 4.79. The topological polar surface area (TPSA) is 38.1 Å². The van der Waals surface area contributed by atoms with Crippen LogP contribution >= 0.6 is 11.8 Å². The molecule has 4 nitrogen and oxygen atoms in total. The smallest absolute Gasteiger partial charge is 0.266 e. The van der Waals surface area contributed by atoms with Crippen molar-refractivity contribution in [2.75, 3.05) is 24.7 Å². The van der Waals surface area contributed by atoms with Gasteiger partial charge < -0.3 is 4.90 Å². The van der Waals surface area contributed by atoms with E-state index >= 15 is 0 Å². The Kier molecular flexibility index (Phi) is 5.67. The van der Waals surface area contributed by atoms with E-state index in [-0.39, 0.29) is 5.56 Å². The number of para-hydroxylation sites is 1. The number of anilines is 1. The Morgan fingerprint density at radius 1 is 0.897 bits per heavy atom. The lowest BCUT2D eigenvalue weighted by molar-refractivity contribution is 0.819. The van der Waals surface area contributed by atoms with Crippen molar-refractivity contribution in [3.05, 3.63) is 94.8 Å². The van der Waals surface area contributed by atoms with E-state index in [1.54, 1.807) is 16.3 Å². The normalized spacial score (nSPS) is 11.0. The van der Waals surface area contributed by atoms with Gasteiger partial charge in [0.1, 0.15) is 0 Å². The van der Waals surface area contributed by atoms with E-state index in [0.717, 1.165) is 34.2 Å². The average molecular weight is 402 g/mol. The Morgan fingerprint density at radius 3 is 2.31 bits per heavy atom. The lowest BCUT2D eigenvalue weighted by Gasteiger charge is -2.16. The second kappa shape index (κ2) is 8.53. The molecule has 3 aromatic carbocycles. The van der Waals surface area contributed by atoms with E-state index in [2.05, 4.69) is 24.3 Å². The van der Waals surface area contributed by atoms with Crippen LogP contribution in [0.2, 0.25) is 0 Å². The zero-order valence-electron chi connectivity index (χ0n) is 16.6. The standard InChI is InChI=1S/C24H23N3OS/c1-26(2)19-12-14-20(15-13-19)27-23(28)21-10-6-7-11-22(21)25-24(27)29-17-16-18-8-4-3-5-9-18/h3-15H,16-17H2,1-2H3. The summed E-state index contributed by atoms with van der Waals surface area (Å²) in [6.45, 7) is 0. The molecule has 0 fully saturated rings. The summed E-state index contributed by atoms with van der Waals surface area (Å²) in [5.41, 5.74) is 3.91. The third-order valence-corrected chi connectivity index (χ3v) is 5.77. The van der Waals surface area contributed by atoms with Gasteiger partial charge in [0, 0.05) is 25.5 Å². The molecule has 0 saturated heterocycles. The van der Waals surface area contributed by atoms with E-state index in [9.17, 15) is 4.79 Å². The van der Waals surface area contributed by atoms with Gasteiger partial charge in [0.15, 0.2) is 5.16 Å². The number of rotatable bonds is 6. The minimum Gasteiger partial charge on any atom is -0.378 e. The van der Waals surface area contributed by atoms with Crippen molar-refractivity contribution in [2.24, 2.45) is 0 Å². The van der Waals surface area contributed by atoms with Crippen LogP contribution in [0.3, 0.4) is 0 Å². The Labute approximate surface area is 174 Å². The van der Waals surface area contributed by atoms with Crippen LogP contribution in [0.15, 0.2) is 88.8 Å². The van der Waals surface area contributed by atoms with Crippen molar-refractivity contribution >= 4 is 28.4 Å². The van der Waals surface area contributed by atoms with Crippen molar-refractivity contribution in [1.29, 1.82) is 0 Å². The fraction of sp³-hybridized carbons (Fsp3) is 0.167. The average Bonchev–Trinajstić information content (AvgIpc) is 2.75. The number of fused-ring (bicyclic) bond motifs is 1. The molecule has 146 valence electrons. The number of hydrogen-bond acceptors (Lipinski definition) is 4. The number of benzene rings is 3. The van der Waals surface area contributed by atoms with Crippen molar-refractivity contribution in [3.8, 4) is 5.69 Å². The molecule has 0 bridgehead atoms. The highest BCUT2D eigenvalue weighted by Gasteiger charge is 2.13. The minimum absolute atomic E-state index is 0.0320. The van der Waals surface area contributed by atoms with Crippen LogP contribution in [0.25, 0.3) is 16.6 Å². The van der Waals surface area contributed by atoms with Gasteiger partial charge in [-0.2, -0.15) is 0 Å². The maximum atomic E-state index is 13.3. The maximum absolute atomic E-state index is 13.3. The first-order valence-electron chi connectivity index (χ1n) is 9.60. The van der Waals surface area contributed by atoms with Gasteiger partial charge in [-0.3, -0.25) is 9.36 Å². The molecule has 0 N–H and O–H groups in total. The number of aryl methyl sites for hydroxylation is 1. The number of nitrogens with zero attached hydrogens (tertiary/aromatic N) is 3. The van der Waals surface area contributed by atoms with Gasteiger partial charge in [-0.15, -0.1) is 0 Å². The molecule has 5 heteroatoms. The second-order valence-corrected chi connectivity index (χ2v) is 8.11. The van der Waals surface area contributed by atoms with Crippen LogP contribution in [0.4, 0.5) is 5.69 Å². The Hall–Kier alpha value is -3.05. The summed E-state index contributed by atoms with van der Waals surface area (Å²) < 4.78 is 1.73. The van der Waals surface area contributed by atoms with Gasteiger partial charge in [-0.05, 0) is 48.4 Å². The largest absolute Gasteiger partial charge is 0.378 e. The van der Waals surface area contributed by atoms with E-state index in [0.29, 0.717) is 5.39 Å². The molecule has 1 heterocycles. The molecule has 0 amide bonds. The summed E-state index contributed by atoms with van der Waals surface area (Å²) in [6.07, 6.45) is 0.924. The number of aromatic nitrogens is 2. The highest BCUT2D eigenvalue weighted by Crippen LogP contribution is 2.23. The van der Waals surface area contributed by atoms with Crippen LogP contribution in [0.5, 0.6) is 0 Å². The maximum Gasteiger partial charge on any atom is 0.266 e. The van der Waals surface area contributed by atoms with Gasteiger partial charge in [0.2, 0.25) is 0 Å². The Bertz CT molecular complexity index is 1170. The molecule has 0 spiro atoms. The third-order valence-electron chi connectivity index (χ3n) is 4.83. The number of thioether (sulfide) groups is 1. The summed E-state index contributed by atoms with van der Waals surface area (Å²) >= 11 is 1.62. The zero-order valence-corrected chi connectivity index (χ0v) is 17.4. The molecular formula is C24H23N3OS. The molecule has 0 saturated carbocycles. The van der Waals surface area contributed by atoms with Crippen LogP contribution in [0, 0.1) is 0 Å². The van der Waals surface area contributed by atoms with Gasteiger partial charge in [-0.1, -0.05) is 54.2 Å². The van der Waals surface area contributed by atoms with Crippen molar-refractivity contribution in [2.45, 2.75) is 11.6 Å². The first kappa shape index (κ1) is 19.3. The minimum atomic E-state index is -0.0320. The van der Waals surface area contributed by atoms with Crippen molar-refractivity contribution < 1.29 is 0 Å². The summed E-state index contributed by atoms with van der Waals surface area (Å²) in [5, 5.41) is 1.36. The summed E-state index contributed by atoms with van der Waals surface area (Å²) in [4.78, 5) is 20.2. The summed E-state index contributed by atoms with van der Waals surface area (Å²) in [7, 11) is 4.01. The second-order valence-electron chi connectivity index (χ2n) is 7.05. The van der Waals surface area contributed by atoms with Crippen LogP contribution in [-0.2, 0) is 6.42 Å². The van der Waals surface area contributed by atoms with E-state index in [1.807, 2.05) is 73.6 Å². The lowest BCUT2D eigenvalue weighted by atomic mass is 10.2. The molecule has 0 aliphatic carbocycles. The first-order chi connectivity index (χ1) is 14.1. The van der Waals surface area contributed by atoms with Crippen LogP contribution in [-0.4, -0.2) is 29.4 Å². The fourth-order valence-electron chi connectivity index (χ4n) is 3.24. The molecule has 4 aromatic rings. The van der Waals surface area contributed by atoms with E-state index in [4.69, 9.17) is 4.98 Å². The van der Waals surface area contributed by atoms with Crippen LogP contribution < -0.4 is 10.5 Å². The van der Waals surface area contributed by atoms with Gasteiger partial charge in [0.25, 0.3) is 5.56 Å². The van der Waals surface area contributed by atoms with Crippen molar-refractivity contribution in [3.63, 3.8) is 0 Å². The molecular weight excluding hydrogens is 378 g/mol. The molecule has 4 rings (SSSR count). The first-order valence-corrected chi connectivity index (χ1v) is 10.6. The molecule has 0 radical (unpaired) electrons. The van der Waals surface area contributed by atoms with Gasteiger partial charge in [0.05, 0.1) is 16.6 Å². The highest BCUT2D eigenvalue weighted by atomic mass is 32.2. The van der Waals surface area contributed by atoms with Gasteiger partial charge >= 0.3 is 0 Å². The monoisotopic (exact) mass is 401 g/mol. The molecule has 0 atom stereocenters. The molecule has 29 heavy (non-hydrogen) atoms. The third kappa shape index (κ3) is 4.20. The van der Waals surface area contributed by atoms with E-state index in [1.165, 1.54) is 5.56 Å². The molecule has 0 aliphatic heterocycles. The zero-order chi connectivity index (χ0) is 20.2. The van der Waals surface area contributed by atoms with Gasteiger partial charge in [-0.25, -0.2) is 4.98 Å². The van der Waals surface area contributed by atoms with E-state index < -0.39 is 0 Å². The summed E-state index contributed by atoms with van der Waals surface area (Å²) in [5.74, 6) is 0.852. The quantitative estimate of drug-likeness (QED) is 0.344. The molecule has 0 unspecified atom stereocenters. The molecule has 0 aliphatic rings. The highest BCUT2D eigenvalue weighted by molar-refractivity contribution is 7.99. The predicted molar refractivity (Wildman–Crippen MR) is 123 cm³/mol. The van der Waals surface area contributed by atoms with Crippen molar-refractivity contribution in [1.82, 2.24) is 9.55 Å². The Balaban J connectivity index is 1.73. The molecule has 1 aromatic heterocycles. The number of hydrogen-bond donors (Lipinski definition) is 0. The SMILES string of the molecule is CN(C)c1ccc(-n2c(SCCc3ccccc3)nc3ccccc3c2=O)cc1. The fourth-order valence-corrected chi connectivity index (χ4v) is 4.24. The lowest BCUT2D eigenvalue weighted by Crippen LogP contribution is -2.22.